The van der Waals surface area contributed by atoms with Crippen LogP contribution in [0.3, 0.4) is 0 Å². The number of nitrogens with one attached hydrogen (secondary N) is 1. The van der Waals surface area contributed by atoms with E-state index in [-0.39, 0.29) is 11.7 Å². The largest absolute Gasteiger partial charge is 0.301 e. The molecule has 0 spiro atoms. The molecule has 0 bridgehead atoms. The topological polar surface area (TPSA) is 72.2 Å². The highest BCUT2D eigenvalue weighted by Crippen LogP contribution is 2.26. The van der Waals surface area contributed by atoms with Crippen molar-refractivity contribution in [2.75, 3.05) is 11.1 Å². The van der Waals surface area contributed by atoms with Crippen LogP contribution in [0.25, 0.3) is 26.8 Å². The summed E-state index contributed by atoms with van der Waals surface area (Å²) < 4.78 is 3.03. The van der Waals surface area contributed by atoms with E-state index in [4.69, 9.17) is 0 Å². The maximum atomic E-state index is 12.4. The summed E-state index contributed by atoms with van der Waals surface area (Å²) in [5.74, 6) is 0.121. The van der Waals surface area contributed by atoms with Crippen molar-refractivity contribution in [3.05, 3.63) is 60.7 Å². The molecule has 132 valence electrons. The number of fused-ring (bicyclic) bond motifs is 4. The van der Waals surface area contributed by atoms with E-state index in [1.165, 1.54) is 23.1 Å². The molecule has 0 aliphatic heterocycles. The van der Waals surface area contributed by atoms with E-state index in [9.17, 15) is 4.79 Å². The standard InChI is InChI=1S/C19H13N5OS2/c25-17(21-18-20-13-6-2-4-8-15(13)27-18)11-26-19-23-22-16-10-9-12-5-1-3-7-14(12)24(16)19/h1-10H,11H2,(H,20,21,25). The number of hydrogen-bond donors (Lipinski definition) is 1. The molecule has 2 aromatic carbocycles. The summed E-state index contributed by atoms with van der Waals surface area (Å²) in [4.78, 5) is 16.8. The van der Waals surface area contributed by atoms with Gasteiger partial charge in [-0.1, -0.05) is 53.4 Å². The normalized spacial score (nSPS) is 11.4. The fraction of sp³-hybridized carbons (Fsp3) is 0.0526. The van der Waals surface area contributed by atoms with Gasteiger partial charge in [-0.15, -0.1) is 10.2 Å². The van der Waals surface area contributed by atoms with E-state index in [0.29, 0.717) is 10.3 Å². The van der Waals surface area contributed by atoms with Crippen LogP contribution in [0.4, 0.5) is 5.13 Å². The fourth-order valence-electron chi connectivity index (χ4n) is 2.92. The number of rotatable bonds is 4. The quantitative estimate of drug-likeness (QED) is 0.464. The number of thiazole rings is 1. The van der Waals surface area contributed by atoms with Crippen LogP contribution in [0.2, 0.25) is 0 Å². The number of amides is 1. The van der Waals surface area contributed by atoms with Gasteiger partial charge in [-0.2, -0.15) is 0 Å². The molecule has 0 radical (unpaired) electrons. The van der Waals surface area contributed by atoms with Crippen LogP contribution in [0.1, 0.15) is 0 Å². The second kappa shape index (κ2) is 6.64. The zero-order chi connectivity index (χ0) is 18.2. The smallest absolute Gasteiger partial charge is 0.236 e. The highest BCUT2D eigenvalue weighted by Gasteiger charge is 2.13. The van der Waals surface area contributed by atoms with Gasteiger partial charge in [0.1, 0.15) is 0 Å². The van der Waals surface area contributed by atoms with Crippen molar-refractivity contribution in [3.8, 4) is 0 Å². The Kier molecular flexibility index (Phi) is 3.99. The Labute approximate surface area is 162 Å². The lowest BCUT2D eigenvalue weighted by atomic mass is 10.2. The molecule has 0 unspecified atom stereocenters. The minimum atomic E-state index is -0.115. The van der Waals surface area contributed by atoms with E-state index in [1.807, 2.05) is 65.1 Å². The zero-order valence-corrected chi connectivity index (χ0v) is 15.6. The van der Waals surface area contributed by atoms with Crippen LogP contribution in [-0.4, -0.2) is 31.2 Å². The van der Waals surface area contributed by atoms with Gasteiger partial charge in [-0.25, -0.2) is 4.98 Å². The second-order valence-electron chi connectivity index (χ2n) is 5.89. The lowest BCUT2D eigenvalue weighted by molar-refractivity contribution is -0.113. The minimum absolute atomic E-state index is 0.115. The van der Waals surface area contributed by atoms with Crippen molar-refractivity contribution in [1.29, 1.82) is 0 Å². The predicted octanol–water partition coefficient (Wildman–Crippen LogP) is 4.22. The Morgan fingerprint density at radius 1 is 1.04 bits per heavy atom. The molecular formula is C19H13N5OS2. The van der Waals surface area contributed by atoms with Crippen LogP contribution in [-0.2, 0) is 4.79 Å². The first-order valence-electron chi connectivity index (χ1n) is 8.29. The summed E-state index contributed by atoms with van der Waals surface area (Å²) in [5.41, 5.74) is 2.68. The number of carbonyl (C=O) groups is 1. The number of para-hydroxylation sites is 2. The summed E-state index contributed by atoms with van der Waals surface area (Å²) >= 11 is 2.83. The van der Waals surface area contributed by atoms with E-state index in [1.54, 1.807) is 0 Å². The van der Waals surface area contributed by atoms with E-state index in [2.05, 4.69) is 20.5 Å². The Balaban J connectivity index is 1.36. The number of benzene rings is 2. The molecule has 0 aliphatic rings. The molecule has 8 heteroatoms. The average Bonchev–Trinajstić information content (AvgIpc) is 3.29. The molecule has 3 heterocycles. The number of carbonyl (C=O) groups excluding carboxylic acids is 1. The van der Waals surface area contributed by atoms with Crippen LogP contribution >= 0.6 is 23.1 Å². The molecule has 3 aromatic heterocycles. The van der Waals surface area contributed by atoms with Crippen LogP contribution < -0.4 is 5.32 Å². The van der Waals surface area contributed by atoms with Crippen molar-refractivity contribution in [2.45, 2.75) is 5.16 Å². The third-order valence-corrected chi connectivity index (χ3v) is 6.00. The number of hydrogen-bond acceptors (Lipinski definition) is 6. The summed E-state index contributed by atoms with van der Waals surface area (Å²) in [7, 11) is 0. The highest BCUT2D eigenvalue weighted by atomic mass is 32.2. The number of pyridine rings is 1. The summed E-state index contributed by atoms with van der Waals surface area (Å²) in [5, 5.41) is 13.7. The van der Waals surface area contributed by atoms with E-state index < -0.39 is 0 Å². The Hall–Kier alpha value is -2.97. The van der Waals surface area contributed by atoms with Crippen molar-refractivity contribution < 1.29 is 4.79 Å². The molecule has 1 amide bonds. The van der Waals surface area contributed by atoms with Crippen molar-refractivity contribution >= 4 is 60.9 Å². The van der Waals surface area contributed by atoms with Crippen molar-refractivity contribution in [3.63, 3.8) is 0 Å². The van der Waals surface area contributed by atoms with Gasteiger partial charge in [0.05, 0.1) is 21.5 Å². The van der Waals surface area contributed by atoms with Gasteiger partial charge in [-0.3, -0.25) is 9.20 Å². The second-order valence-corrected chi connectivity index (χ2v) is 7.87. The minimum Gasteiger partial charge on any atom is -0.301 e. The summed E-state index contributed by atoms with van der Waals surface area (Å²) in [6.45, 7) is 0. The highest BCUT2D eigenvalue weighted by molar-refractivity contribution is 7.99. The van der Waals surface area contributed by atoms with Crippen molar-refractivity contribution in [1.82, 2.24) is 19.6 Å². The first kappa shape index (κ1) is 16.2. The van der Waals surface area contributed by atoms with Gasteiger partial charge in [0, 0.05) is 0 Å². The van der Waals surface area contributed by atoms with Gasteiger partial charge in [0.2, 0.25) is 5.91 Å². The van der Waals surface area contributed by atoms with Gasteiger partial charge < -0.3 is 5.32 Å². The molecule has 6 nitrogen and oxygen atoms in total. The maximum Gasteiger partial charge on any atom is 0.236 e. The molecule has 1 N–H and O–H groups in total. The monoisotopic (exact) mass is 391 g/mol. The third-order valence-electron chi connectivity index (χ3n) is 4.12. The van der Waals surface area contributed by atoms with Gasteiger partial charge >= 0.3 is 0 Å². The summed E-state index contributed by atoms with van der Waals surface area (Å²) in [6.07, 6.45) is 0. The van der Waals surface area contributed by atoms with Gasteiger partial charge in [0.25, 0.3) is 0 Å². The average molecular weight is 391 g/mol. The van der Waals surface area contributed by atoms with Crippen molar-refractivity contribution in [2.24, 2.45) is 0 Å². The number of nitrogens with zero attached hydrogens (tertiary/aromatic N) is 4. The molecule has 27 heavy (non-hydrogen) atoms. The molecule has 5 aromatic rings. The Morgan fingerprint density at radius 2 is 1.89 bits per heavy atom. The predicted molar refractivity (Wildman–Crippen MR) is 109 cm³/mol. The van der Waals surface area contributed by atoms with Gasteiger partial charge in [-0.05, 0) is 35.7 Å². The number of anilines is 1. The molecule has 0 aliphatic carbocycles. The summed E-state index contributed by atoms with van der Waals surface area (Å²) in [6, 6.07) is 19.8. The molecule has 0 atom stereocenters. The fourth-order valence-corrected chi connectivity index (χ4v) is 4.55. The maximum absolute atomic E-state index is 12.4. The lowest BCUT2D eigenvalue weighted by Gasteiger charge is -2.04. The number of aromatic nitrogens is 4. The Bertz CT molecular complexity index is 1260. The number of thioether (sulfide) groups is 1. The first-order chi connectivity index (χ1) is 13.3. The van der Waals surface area contributed by atoms with Crippen LogP contribution in [0.5, 0.6) is 0 Å². The Morgan fingerprint density at radius 3 is 2.81 bits per heavy atom. The molecule has 0 fully saturated rings. The lowest BCUT2D eigenvalue weighted by Crippen LogP contribution is -2.14. The van der Waals surface area contributed by atoms with E-state index in [0.717, 1.165) is 26.8 Å². The van der Waals surface area contributed by atoms with E-state index >= 15 is 0 Å². The molecular weight excluding hydrogens is 378 g/mol. The van der Waals surface area contributed by atoms with Crippen LogP contribution in [0, 0.1) is 0 Å². The molecule has 0 saturated carbocycles. The third kappa shape index (κ3) is 3.02. The SMILES string of the molecule is O=C(CSc1nnc2ccc3ccccc3n12)Nc1nc2ccccc2s1. The van der Waals surface area contributed by atoms with Gasteiger partial charge in [0.15, 0.2) is 15.9 Å². The van der Waals surface area contributed by atoms with Crippen LogP contribution in [0.15, 0.2) is 65.8 Å². The molecule has 0 saturated heterocycles. The zero-order valence-electron chi connectivity index (χ0n) is 14.0. The molecule has 5 rings (SSSR count). The first-order valence-corrected chi connectivity index (χ1v) is 10.1.